The van der Waals surface area contributed by atoms with E-state index in [1.165, 1.54) is 21.8 Å². The van der Waals surface area contributed by atoms with Crippen LogP contribution in [0, 0.1) is 6.92 Å². The first-order chi connectivity index (χ1) is 15.0. The van der Waals surface area contributed by atoms with E-state index in [9.17, 15) is 9.90 Å². The number of ether oxygens (including phenoxy) is 2. The molecule has 3 rings (SSSR count). The molecule has 32 heavy (non-hydrogen) atoms. The second-order valence-electron chi connectivity index (χ2n) is 7.22. The van der Waals surface area contributed by atoms with E-state index in [1.54, 1.807) is 18.7 Å². The molecule has 166 valence electrons. The summed E-state index contributed by atoms with van der Waals surface area (Å²) in [5.74, 6) is -0.175. The fourth-order valence-electron chi connectivity index (χ4n) is 3.49. The van der Waals surface area contributed by atoms with Crippen LogP contribution in [0.2, 0.25) is 0 Å². The largest absolute Gasteiger partial charge is 0.492 e. The Hall–Kier alpha value is -2.08. The summed E-state index contributed by atoms with van der Waals surface area (Å²) >= 11 is 1.74. The molecule has 0 aliphatic rings. The van der Waals surface area contributed by atoms with Gasteiger partial charge in [0.1, 0.15) is 12.4 Å². The van der Waals surface area contributed by atoms with Crippen LogP contribution in [0.1, 0.15) is 18.2 Å². The van der Waals surface area contributed by atoms with E-state index in [1.807, 2.05) is 24.3 Å². The van der Waals surface area contributed by atoms with Crippen molar-refractivity contribution >= 4 is 17.7 Å². The molecule has 2 aromatic carbocycles. The second-order valence-corrected chi connectivity index (χ2v) is 8.10. The van der Waals surface area contributed by atoms with Gasteiger partial charge in [-0.05, 0) is 67.6 Å². The van der Waals surface area contributed by atoms with Gasteiger partial charge in [-0.3, -0.25) is 0 Å². The third kappa shape index (κ3) is 6.96. The summed E-state index contributed by atoms with van der Waals surface area (Å²) in [6.07, 6.45) is 1.59. The van der Waals surface area contributed by atoms with Crippen molar-refractivity contribution in [2.24, 2.45) is 0 Å². The Morgan fingerprint density at radius 3 is 2.34 bits per heavy atom. The third-order valence-corrected chi connectivity index (χ3v) is 5.90. The maximum Gasteiger partial charge on any atom is 0.333 e. The van der Waals surface area contributed by atoms with Gasteiger partial charge in [-0.15, -0.1) is 11.8 Å². The Kier molecular flexibility index (Phi) is 10.5. The molecule has 1 atom stereocenters. The first kappa shape index (κ1) is 26.2. The Morgan fingerprint density at radius 1 is 1.06 bits per heavy atom. The van der Waals surface area contributed by atoms with E-state index >= 15 is 0 Å². The predicted octanol–water partition coefficient (Wildman–Crippen LogP) is 5.29. The summed E-state index contributed by atoms with van der Waals surface area (Å²) in [7, 11) is 0. The molecule has 1 N–H and O–H groups in total. The van der Waals surface area contributed by atoms with Gasteiger partial charge < -0.3 is 19.1 Å². The molecule has 1 aromatic heterocycles. The van der Waals surface area contributed by atoms with Gasteiger partial charge in [0.15, 0.2) is 6.10 Å². The fourth-order valence-corrected chi connectivity index (χ4v) is 3.90. The maximum atomic E-state index is 11.3. The topological polar surface area (TPSA) is 60.7 Å². The van der Waals surface area contributed by atoms with Gasteiger partial charge in [-0.25, -0.2) is 4.79 Å². The summed E-state index contributed by atoms with van der Waals surface area (Å²) in [5.41, 5.74) is 4.47. The molecule has 0 radical (unpaired) electrons. The number of benzene rings is 2. The normalized spacial score (nSPS) is 11.6. The van der Waals surface area contributed by atoms with Crippen LogP contribution in [0.4, 0.5) is 0 Å². The standard InChI is InChI=1S/C25H29NO4S.Zn/c1-4-29-24(25(27)28)17-19-6-10-21(11-7-19)30-16-15-26-18(2)5-14-23(26)20-8-12-22(31-3)13-9-20;/h5-14,24H,4,15-17H2,1-3H3,(H,27,28);/t24-;/m0./s1. The molecule has 5 nitrogen and oxygen atoms in total. The minimum absolute atomic E-state index is 0. The molecular formula is C25H29NO4SZn. The van der Waals surface area contributed by atoms with Crippen LogP contribution in [-0.4, -0.2) is 41.2 Å². The zero-order chi connectivity index (χ0) is 22.2. The molecule has 0 spiro atoms. The van der Waals surface area contributed by atoms with Crippen molar-refractivity contribution in [2.75, 3.05) is 19.5 Å². The van der Waals surface area contributed by atoms with E-state index in [0.717, 1.165) is 17.9 Å². The van der Waals surface area contributed by atoms with Gasteiger partial charge in [0.25, 0.3) is 0 Å². The van der Waals surface area contributed by atoms with Crippen LogP contribution in [-0.2, 0) is 42.0 Å². The molecule has 7 heteroatoms. The fraction of sp³-hybridized carbons (Fsp3) is 0.320. The summed E-state index contributed by atoms with van der Waals surface area (Å²) in [6, 6.07) is 20.4. The average molecular weight is 505 g/mol. The SMILES string of the molecule is CCO[C@@H](Cc1ccc(OCCn2c(C)ccc2-c2ccc(SC)cc2)cc1)C(=O)O.[Zn]. The molecule has 0 amide bonds. The number of thioether (sulfide) groups is 1. The summed E-state index contributed by atoms with van der Waals surface area (Å²) < 4.78 is 13.5. The van der Waals surface area contributed by atoms with Crippen LogP contribution >= 0.6 is 11.8 Å². The molecule has 1 heterocycles. The molecule has 3 aromatic rings. The Bertz CT molecular complexity index is 986. The smallest absolute Gasteiger partial charge is 0.333 e. The minimum atomic E-state index is -0.942. The van der Waals surface area contributed by atoms with Crippen LogP contribution in [0.15, 0.2) is 65.6 Å². The van der Waals surface area contributed by atoms with Crippen LogP contribution in [0.5, 0.6) is 5.75 Å². The average Bonchev–Trinajstić information content (AvgIpc) is 3.15. The van der Waals surface area contributed by atoms with Crippen molar-refractivity contribution in [2.45, 2.75) is 37.8 Å². The number of rotatable bonds is 11. The van der Waals surface area contributed by atoms with E-state index in [2.05, 4.69) is 54.1 Å². The Labute approximate surface area is 206 Å². The van der Waals surface area contributed by atoms with Gasteiger partial charge in [0, 0.05) is 48.8 Å². The van der Waals surface area contributed by atoms with Gasteiger partial charge >= 0.3 is 5.97 Å². The van der Waals surface area contributed by atoms with Crippen LogP contribution in [0.3, 0.4) is 0 Å². The number of carbonyl (C=O) groups is 1. The molecule has 0 aliphatic heterocycles. The van der Waals surface area contributed by atoms with Crippen molar-refractivity contribution in [3.05, 3.63) is 71.9 Å². The number of aromatic nitrogens is 1. The van der Waals surface area contributed by atoms with Crippen molar-refractivity contribution in [1.82, 2.24) is 4.57 Å². The summed E-state index contributed by atoms with van der Waals surface area (Å²) in [4.78, 5) is 12.5. The number of aliphatic carboxylic acids is 1. The van der Waals surface area contributed by atoms with Gasteiger partial charge in [0.2, 0.25) is 0 Å². The number of carboxylic acids is 1. The van der Waals surface area contributed by atoms with Crippen molar-refractivity contribution in [3.63, 3.8) is 0 Å². The zero-order valence-corrected chi connectivity index (χ0v) is 22.7. The van der Waals surface area contributed by atoms with E-state index in [-0.39, 0.29) is 19.5 Å². The number of nitrogens with zero attached hydrogens (tertiary/aromatic N) is 1. The third-order valence-electron chi connectivity index (χ3n) is 5.16. The number of carboxylic acid groups (broad SMARTS) is 1. The van der Waals surface area contributed by atoms with E-state index in [0.29, 0.717) is 19.6 Å². The second kappa shape index (κ2) is 12.8. The molecule has 0 fully saturated rings. The van der Waals surface area contributed by atoms with Gasteiger partial charge in [0.05, 0.1) is 6.54 Å². The van der Waals surface area contributed by atoms with Crippen molar-refractivity contribution in [1.29, 1.82) is 0 Å². The monoisotopic (exact) mass is 503 g/mol. The maximum absolute atomic E-state index is 11.3. The number of aryl methyl sites for hydroxylation is 1. The van der Waals surface area contributed by atoms with Gasteiger partial charge in [-0.2, -0.15) is 0 Å². The molecular weight excluding hydrogens is 476 g/mol. The summed E-state index contributed by atoms with van der Waals surface area (Å²) in [5, 5.41) is 9.23. The van der Waals surface area contributed by atoms with Gasteiger partial charge in [-0.1, -0.05) is 24.3 Å². The first-order valence-corrected chi connectivity index (χ1v) is 11.6. The minimum Gasteiger partial charge on any atom is -0.492 e. The Balaban J connectivity index is 0.00000363. The molecule has 0 unspecified atom stereocenters. The van der Waals surface area contributed by atoms with E-state index < -0.39 is 12.1 Å². The molecule has 0 aliphatic carbocycles. The first-order valence-electron chi connectivity index (χ1n) is 10.4. The predicted molar refractivity (Wildman–Crippen MR) is 125 cm³/mol. The number of hydrogen-bond donors (Lipinski definition) is 1. The molecule has 0 bridgehead atoms. The molecule has 0 saturated heterocycles. The van der Waals surface area contributed by atoms with Crippen LogP contribution < -0.4 is 4.74 Å². The zero-order valence-electron chi connectivity index (χ0n) is 18.9. The van der Waals surface area contributed by atoms with Crippen molar-refractivity contribution in [3.8, 4) is 17.0 Å². The quantitative estimate of drug-likeness (QED) is 0.284. The summed E-state index contributed by atoms with van der Waals surface area (Å²) in [6.45, 7) is 5.56. The Morgan fingerprint density at radius 2 is 1.75 bits per heavy atom. The molecule has 0 saturated carbocycles. The van der Waals surface area contributed by atoms with Crippen LogP contribution in [0.25, 0.3) is 11.3 Å². The van der Waals surface area contributed by atoms with Crippen molar-refractivity contribution < 1.29 is 38.9 Å². The van der Waals surface area contributed by atoms with E-state index in [4.69, 9.17) is 9.47 Å². The number of hydrogen-bond acceptors (Lipinski definition) is 4.